The van der Waals surface area contributed by atoms with E-state index >= 15 is 0 Å². The standard InChI is InChI=1S/C13H26N2/c1-2-15-11-4-3-6-12(15)7-10-13(14)8-5-9-13/h12H,2-11,14H2,1H3. The molecule has 1 saturated heterocycles. The summed E-state index contributed by atoms with van der Waals surface area (Å²) < 4.78 is 0. The number of hydrogen-bond donors (Lipinski definition) is 1. The van der Waals surface area contributed by atoms with Gasteiger partial charge in [-0.3, -0.25) is 0 Å². The monoisotopic (exact) mass is 210 g/mol. The number of piperidine rings is 1. The summed E-state index contributed by atoms with van der Waals surface area (Å²) in [7, 11) is 0. The molecular formula is C13H26N2. The van der Waals surface area contributed by atoms with Crippen LogP contribution in [0.5, 0.6) is 0 Å². The topological polar surface area (TPSA) is 29.3 Å². The maximum Gasteiger partial charge on any atom is 0.0155 e. The van der Waals surface area contributed by atoms with Crippen molar-refractivity contribution in [3.63, 3.8) is 0 Å². The van der Waals surface area contributed by atoms with Gasteiger partial charge in [-0.1, -0.05) is 13.3 Å². The molecule has 0 aromatic rings. The smallest absolute Gasteiger partial charge is 0.0155 e. The van der Waals surface area contributed by atoms with Gasteiger partial charge >= 0.3 is 0 Å². The number of nitrogens with zero attached hydrogens (tertiary/aromatic N) is 1. The maximum absolute atomic E-state index is 6.29. The van der Waals surface area contributed by atoms with Crippen LogP contribution in [0.1, 0.15) is 58.3 Å². The number of likely N-dealkylation sites (tertiary alicyclic amines) is 1. The second kappa shape index (κ2) is 4.84. The van der Waals surface area contributed by atoms with Crippen LogP contribution in [0.2, 0.25) is 0 Å². The Morgan fingerprint density at radius 1 is 1.27 bits per heavy atom. The molecule has 15 heavy (non-hydrogen) atoms. The lowest BCUT2D eigenvalue weighted by Gasteiger charge is -2.41. The zero-order chi connectivity index (χ0) is 10.7. The van der Waals surface area contributed by atoms with Crippen molar-refractivity contribution >= 4 is 0 Å². The number of rotatable bonds is 4. The molecule has 1 aliphatic carbocycles. The van der Waals surface area contributed by atoms with Crippen molar-refractivity contribution in [2.45, 2.75) is 69.9 Å². The predicted octanol–water partition coefficient (Wildman–Crippen LogP) is 2.52. The molecule has 2 fully saturated rings. The van der Waals surface area contributed by atoms with E-state index in [9.17, 15) is 0 Å². The summed E-state index contributed by atoms with van der Waals surface area (Å²) in [5.41, 5.74) is 6.52. The van der Waals surface area contributed by atoms with Gasteiger partial charge in [0.15, 0.2) is 0 Å². The second-order valence-corrected chi connectivity index (χ2v) is 5.53. The zero-order valence-corrected chi connectivity index (χ0v) is 10.2. The molecule has 1 unspecified atom stereocenters. The third kappa shape index (κ3) is 2.73. The van der Waals surface area contributed by atoms with Gasteiger partial charge in [-0.25, -0.2) is 0 Å². The van der Waals surface area contributed by atoms with Crippen LogP contribution < -0.4 is 5.73 Å². The Morgan fingerprint density at radius 2 is 2.07 bits per heavy atom. The van der Waals surface area contributed by atoms with Crippen molar-refractivity contribution in [1.29, 1.82) is 0 Å². The fourth-order valence-electron chi connectivity index (χ4n) is 3.14. The van der Waals surface area contributed by atoms with Crippen LogP contribution in [-0.4, -0.2) is 29.6 Å². The van der Waals surface area contributed by atoms with Gasteiger partial charge in [0.1, 0.15) is 0 Å². The Morgan fingerprint density at radius 3 is 2.67 bits per heavy atom. The summed E-state index contributed by atoms with van der Waals surface area (Å²) in [5.74, 6) is 0. The third-order valence-corrected chi connectivity index (χ3v) is 4.48. The lowest BCUT2D eigenvalue weighted by molar-refractivity contribution is 0.125. The van der Waals surface area contributed by atoms with Crippen LogP contribution in [-0.2, 0) is 0 Å². The third-order valence-electron chi connectivity index (χ3n) is 4.48. The quantitative estimate of drug-likeness (QED) is 0.772. The summed E-state index contributed by atoms with van der Waals surface area (Å²) in [4.78, 5) is 2.66. The Hall–Kier alpha value is -0.0800. The molecule has 0 radical (unpaired) electrons. The van der Waals surface area contributed by atoms with Gasteiger partial charge in [-0.05, 0) is 58.0 Å². The molecule has 1 saturated carbocycles. The van der Waals surface area contributed by atoms with E-state index in [2.05, 4.69) is 11.8 Å². The normalized spacial score (nSPS) is 31.2. The molecule has 2 rings (SSSR count). The fraction of sp³-hybridized carbons (Fsp3) is 1.00. The minimum absolute atomic E-state index is 0.233. The minimum Gasteiger partial charge on any atom is -0.325 e. The van der Waals surface area contributed by atoms with E-state index in [4.69, 9.17) is 5.73 Å². The highest BCUT2D eigenvalue weighted by molar-refractivity contribution is 4.93. The van der Waals surface area contributed by atoms with Gasteiger partial charge in [0.05, 0.1) is 0 Å². The van der Waals surface area contributed by atoms with Crippen LogP contribution in [0.4, 0.5) is 0 Å². The summed E-state index contributed by atoms with van der Waals surface area (Å²) in [6.45, 7) is 4.83. The highest BCUT2D eigenvalue weighted by atomic mass is 15.2. The first kappa shape index (κ1) is 11.4. The lowest BCUT2D eigenvalue weighted by atomic mass is 9.73. The van der Waals surface area contributed by atoms with Crippen molar-refractivity contribution in [3.8, 4) is 0 Å². The molecule has 2 heteroatoms. The van der Waals surface area contributed by atoms with E-state index in [0.29, 0.717) is 0 Å². The summed E-state index contributed by atoms with van der Waals surface area (Å²) in [5, 5.41) is 0. The average Bonchev–Trinajstić information content (AvgIpc) is 2.24. The van der Waals surface area contributed by atoms with Crippen molar-refractivity contribution in [2.24, 2.45) is 5.73 Å². The molecule has 0 amide bonds. The molecule has 0 spiro atoms. The Bertz CT molecular complexity index is 199. The Labute approximate surface area is 94.2 Å². The largest absolute Gasteiger partial charge is 0.325 e. The SMILES string of the molecule is CCN1CCCCC1CCC1(N)CCC1. The fourth-order valence-corrected chi connectivity index (χ4v) is 3.14. The van der Waals surface area contributed by atoms with Gasteiger partial charge in [0.25, 0.3) is 0 Å². The molecular weight excluding hydrogens is 184 g/mol. The van der Waals surface area contributed by atoms with Gasteiger partial charge in [0.2, 0.25) is 0 Å². The highest BCUT2D eigenvalue weighted by Gasteiger charge is 2.33. The van der Waals surface area contributed by atoms with Crippen LogP contribution in [0.15, 0.2) is 0 Å². The van der Waals surface area contributed by atoms with E-state index < -0.39 is 0 Å². The van der Waals surface area contributed by atoms with E-state index in [1.165, 1.54) is 64.5 Å². The van der Waals surface area contributed by atoms with Gasteiger partial charge < -0.3 is 10.6 Å². The molecule has 0 aromatic carbocycles. The van der Waals surface area contributed by atoms with Crippen LogP contribution in [0, 0.1) is 0 Å². The molecule has 2 nitrogen and oxygen atoms in total. The molecule has 2 aliphatic rings. The predicted molar refractivity (Wildman–Crippen MR) is 64.9 cm³/mol. The maximum atomic E-state index is 6.29. The van der Waals surface area contributed by atoms with Crippen LogP contribution in [0.25, 0.3) is 0 Å². The molecule has 1 atom stereocenters. The summed E-state index contributed by atoms with van der Waals surface area (Å²) >= 11 is 0. The molecule has 88 valence electrons. The zero-order valence-electron chi connectivity index (χ0n) is 10.2. The van der Waals surface area contributed by atoms with Crippen LogP contribution in [0.3, 0.4) is 0 Å². The van der Waals surface area contributed by atoms with Crippen molar-refractivity contribution < 1.29 is 0 Å². The number of nitrogens with two attached hydrogens (primary N) is 1. The summed E-state index contributed by atoms with van der Waals surface area (Å²) in [6.07, 6.45) is 10.7. The van der Waals surface area contributed by atoms with Crippen LogP contribution >= 0.6 is 0 Å². The second-order valence-electron chi connectivity index (χ2n) is 5.53. The molecule has 0 aromatic heterocycles. The Kier molecular flexibility index (Phi) is 3.68. The van der Waals surface area contributed by atoms with Crippen molar-refractivity contribution in [1.82, 2.24) is 4.90 Å². The summed E-state index contributed by atoms with van der Waals surface area (Å²) in [6, 6.07) is 0.838. The molecule has 2 N–H and O–H groups in total. The lowest BCUT2D eigenvalue weighted by Crippen LogP contribution is -2.48. The van der Waals surface area contributed by atoms with E-state index in [1.807, 2.05) is 0 Å². The first-order valence-electron chi connectivity index (χ1n) is 6.76. The first-order valence-corrected chi connectivity index (χ1v) is 6.76. The highest BCUT2D eigenvalue weighted by Crippen LogP contribution is 2.35. The Balaban J connectivity index is 1.76. The molecule has 1 aliphatic heterocycles. The molecule has 1 heterocycles. The minimum atomic E-state index is 0.233. The number of hydrogen-bond acceptors (Lipinski definition) is 2. The first-order chi connectivity index (χ1) is 7.23. The average molecular weight is 210 g/mol. The van der Waals surface area contributed by atoms with E-state index in [0.717, 1.165) is 6.04 Å². The van der Waals surface area contributed by atoms with Crippen molar-refractivity contribution in [2.75, 3.05) is 13.1 Å². The molecule has 0 bridgehead atoms. The van der Waals surface area contributed by atoms with E-state index in [1.54, 1.807) is 0 Å². The van der Waals surface area contributed by atoms with Crippen molar-refractivity contribution in [3.05, 3.63) is 0 Å². The van der Waals surface area contributed by atoms with E-state index in [-0.39, 0.29) is 5.54 Å². The van der Waals surface area contributed by atoms with Gasteiger partial charge in [-0.15, -0.1) is 0 Å². The van der Waals surface area contributed by atoms with Gasteiger partial charge in [0, 0.05) is 11.6 Å². The van der Waals surface area contributed by atoms with Gasteiger partial charge in [-0.2, -0.15) is 0 Å².